The highest BCUT2D eigenvalue weighted by Gasteiger charge is 2.38. The van der Waals surface area contributed by atoms with Gasteiger partial charge in [-0.25, -0.2) is 4.79 Å². The van der Waals surface area contributed by atoms with Crippen LogP contribution in [0.2, 0.25) is 0 Å². The maximum atomic E-state index is 13.3. The zero-order valence-electron chi connectivity index (χ0n) is 16.2. The number of carbonyl (C=O) groups is 3. The standard InChI is InChI=1S/C21H26N4O4/c26-19(16-7-3-9-22-16)24-17(20(27)25-10-4-8-18(25)21(28)29)11-13-12-23-15-6-2-1-5-14(13)15/h1-2,5-6,12,16-18,22-23H,3-4,7-11H2,(H,24,26)(H,28,29). The molecular weight excluding hydrogens is 372 g/mol. The molecule has 1 aromatic carbocycles. The van der Waals surface area contributed by atoms with E-state index in [4.69, 9.17) is 0 Å². The van der Waals surface area contributed by atoms with Crippen LogP contribution in [0.3, 0.4) is 0 Å². The van der Waals surface area contributed by atoms with Gasteiger partial charge in [-0.2, -0.15) is 0 Å². The van der Waals surface area contributed by atoms with Gasteiger partial charge in [0.15, 0.2) is 0 Å². The lowest BCUT2D eigenvalue weighted by atomic mass is 10.0. The lowest BCUT2D eigenvalue weighted by Gasteiger charge is -2.28. The topological polar surface area (TPSA) is 115 Å². The van der Waals surface area contributed by atoms with Crippen molar-refractivity contribution < 1.29 is 19.5 Å². The maximum absolute atomic E-state index is 13.3. The molecule has 0 bridgehead atoms. The fourth-order valence-electron chi connectivity index (χ4n) is 4.39. The number of hydrogen-bond donors (Lipinski definition) is 4. The third-order valence-electron chi connectivity index (χ3n) is 5.91. The molecule has 4 rings (SSSR count). The molecule has 0 radical (unpaired) electrons. The summed E-state index contributed by atoms with van der Waals surface area (Å²) in [6.45, 7) is 1.18. The zero-order valence-corrected chi connectivity index (χ0v) is 16.2. The first-order valence-electron chi connectivity index (χ1n) is 10.2. The number of fused-ring (bicyclic) bond motifs is 1. The minimum atomic E-state index is -0.995. The average molecular weight is 398 g/mol. The van der Waals surface area contributed by atoms with Crippen molar-refractivity contribution in [2.45, 2.75) is 50.2 Å². The fraction of sp³-hybridized carbons (Fsp3) is 0.476. The summed E-state index contributed by atoms with van der Waals surface area (Å²) < 4.78 is 0. The smallest absolute Gasteiger partial charge is 0.326 e. The second-order valence-electron chi connectivity index (χ2n) is 7.80. The van der Waals surface area contributed by atoms with E-state index in [1.807, 2.05) is 30.5 Å². The number of hydrogen-bond acceptors (Lipinski definition) is 4. The monoisotopic (exact) mass is 398 g/mol. The van der Waals surface area contributed by atoms with Crippen LogP contribution >= 0.6 is 0 Å². The van der Waals surface area contributed by atoms with Crippen LogP contribution in [0.15, 0.2) is 30.5 Å². The molecule has 2 aromatic rings. The van der Waals surface area contributed by atoms with Gasteiger partial charge in [0.1, 0.15) is 12.1 Å². The van der Waals surface area contributed by atoms with Crippen LogP contribution in [0.1, 0.15) is 31.2 Å². The zero-order chi connectivity index (χ0) is 20.4. The number of carboxylic acid groups (broad SMARTS) is 1. The first-order valence-corrected chi connectivity index (χ1v) is 10.2. The van der Waals surface area contributed by atoms with Crippen LogP contribution in [0.5, 0.6) is 0 Å². The quantitative estimate of drug-likeness (QED) is 0.580. The maximum Gasteiger partial charge on any atom is 0.326 e. The van der Waals surface area contributed by atoms with E-state index in [2.05, 4.69) is 15.6 Å². The SMILES string of the molecule is O=C(NC(Cc1c[nH]c2ccccc12)C(=O)N1CCCC1C(=O)O)C1CCCN1. The number of H-pyrrole nitrogens is 1. The highest BCUT2D eigenvalue weighted by Crippen LogP contribution is 2.23. The molecule has 8 nitrogen and oxygen atoms in total. The van der Waals surface area contributed by atoms with Gasteiger partial charge < -0.3 is 25.6 Å². The second-order valence-corrected chi connectivity index (χ2v) is 7.80. The molecule has 0 saturated carbocycles. The molecule has 3 unspecified atom stereocenters. The van der Waals surface area contributed by atoms with Gasteiger partial charge in [-0.15, -0.1) is 0 Å². The summed E-state index contributed by atoms with van der Waals surface area (Å²) >= 11 is 0. The van der Waals surface area contributed by atoms with Crippen LogP contribution in [-0.4, -0.2) is 64.0 Å². The lowest BCUT2D eigenvalue weighted by Crippen LogP contribution is -2.55. The fourth-order valence-corrected chi connectivity index (χ4v) is 4.39. The van der Waals surface area contributed by atoms with Crippen molar-refractivity contribution in [3.8, 4) is 0 Å². The number of benzene rings is 1. The molecule has 2 saturated heterocycles. The summed E-state index contributed by atoms with van der Waals surface area (Å²) in [5, 5.41) is 16.5. The number of amides is 2. The number of aromatic nitrogens is 1. The summed E-state index contributed by atoms with van der Waals surface area (Å²) in [5.41, 5.74) is 1.88. The van der Waals surface area contributed by atoms with E-state index in [1.54, 1.807) is 0 Å². The Morgan fingerprint density at radius 1 is 1.21 bits per heavy atom. The number of para-hydroxylation sites is 1. The number of likely N-dealkylation sites (tertiary alicyclic amines) is 1. The van der Waals surface area contributed by atoms with E-state index in [1.165, 1.54) is 4.90 Å². The van der Waals surface area contributed by atoms with Crippen LogP contribution in [0.4, 0.5) is 0 Å². The van der Waals surface area contributed by atoms with Gasteiger partial charge in [0.2, 0.25) is 11.8 Å². The molecular formula is C21H26N4O4. The molecule has 3 atom stereocenters. The molecule has 154 valence electrons. The summed E-state index contributed by atoms with van der Waals surface area (Å²) in [4.78, 5) is 42.2. The number of carboxylic acids is 1. The molecule has 2 fully saturated rings. The minimum Gasteiger partial charge on any atom is -0.480 e. The predicted octanol–water partition coefficient (Wildman–Crippen LogP) is 1.02. The second kappa shape index (κ2) is 8.24. The van der Waals surface area contributed by atoms with Crippen LogP contribution in [0.25, 0.3) is 10.9 Å². The Bertz CT molecular complexity index is 918. The largest absolute Gasteiger partial charge is 0.480 e. The Labute approximate surface area is 168 Å². The van der Waals surface area contributed by atoms with E-state index in [0.717, 1.165) is 35.9 Å². The van der Waals surface area contributed by atoms with Gasteiger partial charge in [0.25, 0.3) is 0 Å². The Balaban J connectivity index is 1.58. The Morgan fingerprint density at radius 3 is 2.79 bits per heavy atom. The molecule has 2 amide bonds. The van der Waals surface area contributed by atoms with E-state index < -0.39 is 18.1 Å². The molecule has 8 heteroatoms. The number of nitrogens with zero attached hydrogens (tertiary/aromatic N) is 1. The van der Waals surface area contributed by atoms with Gasteiger partial charge in [0, 0.05) is 30.1 Å². The summed E-state index contributed by atoms with van der Waals surface area (Å²) in [5.74, 6) is -1.52. The number of nitrogens with one attached hydrogen (secondary N) is 3. The van der Waals surface area contributed by atoms with Gasteiger partial charge >= 0.3 is 5.97 Å². The number of rotatable bonds is 6. The number of aromatic amines is 1. The van der Waals surface area contributed by atoms with Crippen molar-refractivity contribution >= 4 is 28.7 Å². The minimum absolute atomic E-state index is 0.202. The van der Waals surface area contributed by atoms with Crippen molar-refractivity contribution in [2.24, 2.45) is 0 Å². The van der Waals surface area contributed by atoms with Crippen LogP contribution in [0, 0.1) is 0 Å². The third-order valence-corrected chi connectivity index (χ3v) is 5.91. The molecule has 3 heterocycles. The molecule has 2 aliphatic heterocycles. The Kier molecular flexibility index (Phi) is 5.53. The van der Waals surface area contributed by atoms with Crippen molar-refractivity contribution in [3.63, 3.8) is 0 Å². The molecule has 0 aliphatic carbocycles. The van der Waals surface area contributed by atoms with E-state index in [0.29, 0.717) is 25.8 Å². The van der Waals surface area contributed by atoms with Crippen LogP contribution in [-0.2, 0) is 20.8 Å². The molecule has 2 aliphatic rings. The molecule has 4 N–H and O–H groups in total. The first kappa shape index (κ1) is 19.4. The van der Waals surface area contributed by atoms with E-state index >= 15 is 0 Å². The molecule has 29 heavy (non-hydrogen) atoms. The lowest BCUT2D eigenvalue weighted by molar-refractivity contribution is -0.149. The van der Waals surface area contributed by atoms with E-state index in [-0.39, 0.29) is 17.9 Å². The predicted molar refractivity (Wildman–Crippen MR) is 107 cm³/mol. The highest BCUT2D eigenvalue weighted by atomic mass is 16.4. The van der Waals surface area contributed by atoms with E-state index in [9.17, 15) is 19.5 Å². The van der Waals surface area contributed by atoms with Crippen molar-refractivity contribution in [2.75, 3.05) is 13.1 Å². The Hall–Kier alpha value is -2.87. The molecule has 0 spiro atoms. The van der Waals surface area contributed by atoms with Gasteiger partial charge in [-0.1, -0.05) is 18.2 Å². The van der Waals surface area contributed by atoms with Crippen molar-refractivity contribution in [3.05, 3.63) is 36.0 Å². The third kappa shape index (κ3) is 3.98. The normalized spacial score (nSPS) is 22.7. The van der Waals surface area contributed by atoms with Crippen molar-refractivity contribution in [1.82, 2.24) is 20.5 Å². The average Bonchev–Trinajstić information content (AvgIpc) is 3.47. The molecule has 1 aromatic heterocycles. The van der Waals surface area contributed by atoms with Crippen molar-refractivity contribution in [1.29, 1.82) is 0 Å². The summed E-state index contributed by atoms with van der Waals surface area (Å²) in [7, 11) is 0. The van der Waals surface area contributed by atoms with Crippen LogP contribution < -0.4 is 10.6 Å². The first-order chi connectivity index (χ1) is 14.0. The highest BCUT2D eigenvalue weighted by molar-refractivity contribution is 5.93. The van der Waals surface area contributed by atoms with Gasteiger partial charge in [-0.05, 0) is 43.9 Å². The summed E-state index contributed by atoms with van der Waals surface area (Å²) in [6, 6.07) is 5.86. The van der Waals surface area contributed by atoms with Gasteiger partial charge in [-0.3, -0.25) is 9.59 Å². The number of carbonyl (C=O) groups excluding carboxylic acids is 2. The van der Waals surface area contributed by atoms with Gasteiger partial charge in [0.05, 0.1) is 6.04 Å². The number of aliphatic carboxylic acids is 1. The Morgan fingerprint density at radius 2 is 2.03 bits per heavy atom. The summed E-state index contributed by atoms with van der Waals surface area (Å²) in [6.07, 6.45) is 4.92.